The third-order valence-electron chi connectivity index (χ3n) is 3.81. The van der Waals surface area contributed by atoms with Gasteiger partial charge in [-0.1, -0.05) is 17.7 Å². The number of ether oxygens (including phenoxy) is 2. The Morgan fingerprint density at radius 3 is 2.63 bits per heavy atom. The third kappa shape index (κ3) is 6.86. The van der Waals surface area contributed by atoms with Gasteiger partial charge in [0.05, 0.1) is 11.6 Å². The molecule has 2 aromatic rings. The second-order valence-corrected chi connectivity index (χ2v) is 6.92. The van der Waals surface area contributed by atoms with Gasteiger partial charge in [-0.15, -0.1) is 0 Å². The number of aliphatic hydroxyl groups is 1. The summed E-state index contributed by atoms with van der Waals surface area (Å²) in [4.78, 5) is 12.1. The molecule has 3 N–H and O–H groups in total. The summed E-state index contributed by atoms with van der Waals surface area (Å²) in [5.74, 6) is 0.782. The first-order valence-corrected chi connectivity index (χ1v) is 9.50. The number of carbonyl (C=O) groups excluding carboxylic acids is 1. The maximum Gasteiger partial charge on any atom is 0.262 e. The number of carbonyl (C=O) groups is 1. The van der Waals surface area contributed by atoms with E-state index in [9.17, 15) is 4.79 Å². The molecular weight excluding hydrogens is 412 g/mol. The van der Waals surface area contributed by atoms with Crippen molar-refractivity contribution in [2.75, 3.05) is 32.2 Å². The van der Waals surface area contributed by atoms with Crippen molar-refractivity contribution in [3.63, 3.8) is 0 Å². The van der Waals surface area contributed by atoms with Gasteiger partial charge in [-0.2, -0.15) is 0 Å². The zero-order valence-electron chi connectivity index (χ0n) is 15.5. The van der Waals surface area contributed by atoms with Crippen LogP contribution in [-0.4, -0.2) is 37.9 Å². The Morgan fingerprint density at radius 1 is 1.22 bits per heavy atom. The van der Waals surface area contributed by atoms with Crippen LogP contribution in [0.5, 0.6) is 11.5 Å². The van der Waals surface area contributed by atoms with E-state index in [-0.39, 0.29) is 19.1 Å². The highest BCUT2D eigenvalue weighted by Crippen LogP contribution is 2.36. The zero-order chi connectivity index (χ0) is 19.6. The Bertz CT molecular complexity index is 750. The van der Waals surface area contributed by atoms with Crippen molar-refractivity contribution >= 4 is 27.5 Å². The third-order valence-corrected chi connectivity index (χ3v) is 4.40. The van der Waals surface area contributed by atoms with Gasteiger partial charge in [-0.05, 0) is 65.6 Å². The zero-order valence-corrected chi connectivity index (χ0v) is 17.1. The number of aryl methyl sites for hydroxylation is 1. The smallest absolute Gasteiger partial charge is 0.262 e. The molecule has 0 spiro atoms. The molecule has 0 aromatic heterocycles. The van der Waals surface area contributed by atoms with Gasteiger partial charge in [0.25, 0.3) is 5.91 Å². The van der Waals surface area contributed by atoms with Crippen molar-refractivity contribution in [3.8, 4) is 11.5 Å². The van der Waals surface area contributed by atoms with E-state index in [1.54, 1.807) is 7.11 Å². The molecule has 0 aliphatic rings. The number of aliphatic hydroxyl groups excluding tert-OH is 1. The van der Waals surface area contributed by atoms with Gasteiger partial charge >= 0.3 is 0 Å². The summed E-state index contributed by atoms with van der Waals surface area (Å²) in [7, 11) is 1.56. The average molecular weight is 437 g/mol. The van der Waals surface area contributed by atoms with Crippen molar-refractivity contribution < 1.29 is 19.4 Å². The summed E-state index contributed by atoms with van der Waals surface area (Å²) >= 11 is 3.48. The predicted octanol–water partition coefficient (Wildman–Crippen LogP) is 3.26. The molecule has 0 saturated carbocycles. The van der Waals surface area contributed by atoms with Crippen molar-refractivity contribution in [2.24, 2.45) is 0 Å². The minimum absolute atomic E-state index is 0.128. The van der Waals surface area contributed by atoms with Crippen molar-refractivity contribution in [1.29, 1.82) is 0 Å². The highest BCUT2D eigenvalue weighted by molar-refractivity contribution is 9.10. The summed E-state index contributed by atoms with van der Waals surface area (Å²) in [5, 5.41) is 14.9. The quantitative estimate of drug-likeness (QED) is 0.498. The number of rotatable bonds is 10. The van der Waals surface area contributed by atoms with E-state index >= 15 is 0 Å². The first-order chi connectivity index (χ1) is 13.0. The molecule has 7 heteroatoms. The molecule has 2 aromatic carbocycles. The second-order valence-electron chi connectivity index (χ2n) is 6.07. The lowest BCUT2D eigenvalue weighted by atomic mass is 10.2. The number of halogens is 1. The van der Waals surface area contributed by atoms with Crippen LogP contribution in [0.4, 0.5) is 5.69 Å². The first kappa shape index (κ1) is 21.2. The number of anilines is 1. The molecule has 2 rings (SSSR count). The van der Waals surface area contributed by atoms with Crippen molar-refractivity contribution in [3.05, 3.63) is 52.0 Å². The molecule has 0 unspecified atom stereocenters. The second kappa shape index (κ2) is 10.9. The van der Waals surface area contributed by atoms with Crippen LogP contribution < -0.4 is 20.1 Å². The van der Waals surface area contributed by atoms with Gasteiger partial charge in [0, 0.05) is 18.8 Å². The number of hydrogen-bond acceptors (Lipinski definition) is 5. The fourth-order valence-corrected chi connectivity index (χ4v) is 3.03. The number of hydrogen-bond donors (Lipinski definition) is 3. The molecule has 146 valence electrons. The molecule has 0 radical (unpaired) electrons. The van der Waals surface area contributed by atoms with Crippen molar-refractivity contribution in [2.45, 2.75) is 19.9 Å². The van der Waals surface area contributed by atoms with Crippen molar-refractivity contribution in [1.82, 2.24) is 5.32 Å². The number of nitrogens with one attached hydrogen (secondary N) is 2. The molecule has 0 heterocycles. The number of benzene rings is 2. The van der Waals surface area contributed by atoms with Crippen LogP contribution in [0.1, 0.15) is 17.5 Å². The lowest BCUT2D eigenvalue weighted by Crippen LogP contribution is -2.20. The molecular formula is C20H25BrN2O4. The lowest BCUT2D eigenvalue weighted by Gasteiger charge is -2.15. The van der Waals surface area contributed by atoms with Gasteiger partial charge in [0.2, 0.25) is 0 Å². The monoisotopic (exact) mass is 436 g/mol. The predicted molar refractivity (Wildman–Crippen MR) is 109 cm³/mol. The normalized spacial score (nSPS) is 10.5. The van der Waals surface area contributed by atoms with Crippen LogP contribution in [0.3, 0.4) is 0 Å². The fourth-order valence-electron chi connectivity index (χ4n) is 2.42. The maximum atomic E-state index is 12.1. The first-order valence-electron chi connectivity index (χ1n) is 8.70. The van der Waals surface area contributed by atoms with Crippen LogP contribution in [0.15, 0.2) is 40.9 Å². The summed E-state index contributed by atoms with van der Waals surface area (Å²) in [6.45, 7) is 3.40. The number of methoxy groups -OCH3 is 1. The van der Waals surface area contributed by atoms with E-state index in [1.807, 2.05) is 43.3 Å². The highest BCUT2D eigenvalue weighted by Gasteiger charge is 2.13. The number of amides is 1. The summed E-state index contributed by atoms with van der Waals surface area (Å²) < 4.78 is 11.8. The minimum Gasteiger partial charge on any atom is -0.493 e. The Morgan fingerprint density at radius 2 is 1.96 bits per heavy atom. The summed E-state index contributed by atoms with van der Waals surface area (Å²) in [5.41, 5.74) is 2.86. The lowest BCUT2D eigenvalue weighted by molar-refractivity contribution is -0.118. The average Bonchev–Trinajstić information content (AvgIpc) is 2.66. The Balaban J connectivity index is 1.96. The fraction of sp³-hybridized carbons (Fsp3) is 0.350. The minimum atomic E-state index is -0.248. The van der Waals surface area contributed by atoms with Crippen LogP contribution in [-0.2, 0) is 11.3 Å². The molecule has 1 amide bonds. The maximum absolute atomic E-state index is 12.1. The van der Waals surface area contributed by atoms with Crippen LogP contribution >= 0.6 is 15.9 Å². The molecule has 0 fully saturated rings. The summed E-state index contributed by atoms with van der Waals surface area (Å²) in [6.07, 6.45) is 0.704. The van der Waals surface area contributed by atoms with Gasteiger partial charge in [-0.3, -0.25) is 4.79 Å². The molecule has 0 bridgehead atoms. The Labute approximate surface area is 168 Å². The van der Waals surface area contributed by atoms with E-state index in [4.69, 9.17) is 14.6 Å². The molecule has 6 nitrogen and oxygen atoms in total. The highest BCUT2D eigenvalue weighted by atomic mass is 79.9. The van der Waals surface area contributed by atoms with E-state index in [0.29, 0.717) is 28.9 Å². The van der Waals surface area contributed by atoms with Crippen LogP contribution in [0.2, 0.25) is 0 Å². The largest absolute Gasteiger partial charge is 0.493 e. The van der Waals surface area contributed by atoms with Gasteiger partial charge in [0.15, 0.2) is 18.1 Å². The van der Waals surface area contributed by atoms with Gasteiger partial charge in [-0.25, -0.2) is 0 Å². The Hall–Kier alpha value is -2.09. The molecule has 0 atom stereocenters. The van der Waals surface area contributed by atoms with E-state index < -0.39 is 0 Å². The van der Waals surface area contributed by atoms with E-state index in [0.717, 1.165) is 23.4 Å². The molecule has 0 saturated heterocycles. The SMILES string of the molecule is COc1cc(CNCCCO)cc(Br)c1OCC(=O)Nc1ccc(C)cc1. The molecule has 0 aliphatic carbocycles. The van der Waals surface area contributed by atoms with E-state index in [2.05, 4.69) is 26.6 Å². The van der Waals surface area contributed by atoms with Gasteiger partial charge in [0.1, 0.15) is 0 Å². The Kier molecular flexibility index (Phi) is 8.57. The molecule has 0 aliphatic heterocycles. The molecule has 27 heavy (non-hydrogen) atoms. The summed E-state index contributed by atoms with van der Waals surface area (Å²) in [6, 6.07) is 11.4. The van der Waals surface area contributed by atoms with Crippen LogP contribution in [0, 0.1) is 6.92 Å². The van der Waals surface area contributed by atoms with Crippen LogP contribution in [0.25, 0.3) is 0 Å². The van der Waals surface area contributed by atoms with E-state index in [1.165, 1.54) is 0 Å². The topological polar surface area (TPSA) is 79.8 Å². The van der Waals surface area contributed by atoms with Gasteiger partial charge < -0.3 is 25.2 Å². The standard InChI is InChI=1S/C20H25BrN2O4/c1-14-4-6-16(7-5-14)23-19(25)13-27-20-17(21)10-15(11-18(20)26-2)12-22-8-3-9-24/h4-7,10-11,22,24H,3,8-9,12-13H2,1-2H3,(H,23,25).